The summed E-state index contributed by atoms with van der Waals surface area (Å²) in [4.78, 5) is 31.6. The Hall–Kier alpha value is -3.58. The molecule has 0 aliphatic rings. The first kappa shape index (κ1) is 17.5. The van der Waals surface area contributed by atoms with Crippen LogP contribution in [0, 0.1) is 6.92 Å². The topological polar surface area (TPSA) is 77.1 Å². The van der Waals surface area contributed by atoms with Crippen LogP contribution in [0.3, 0.4) is 0 Å². The Bertz CT molecular complexity index is 1520. The van der Waals surface area contributed by atoms with Gasteiger partial charge in [0, 0.05) is 23.8 Å². The maximum absolute atomic E-state index is 12.6. The molecule has 0 aliphatic carbocycles. The number of H-pyrrole nitrogens is 1. The number of nitrogens with zero attached hydrogens (tertiary/aromatic N) is 4. The zero-order valence-corrected chi connectivity index (χ0v) is 16.4. The van der Waals surface area contributed by atoms with Gasteiger partial charge in [0.25, 0.3) is 5.56 Å². The van der Waals surface area contributed by atoms with Crippen LogP contribution in [-0.4, -0.2) is 23.5 Å². The van der Waals surface area contributed by atoms with Crippen LogP contribution in [0.4, 0.5) is 0 Å². The summed E-state index contributed by atoms with van der Waals surface area (Å²) in [7, 11) is 1.59. The van der Waals surface area contributed by atoms with Gasteiger partial charge in [-0.05, 0) is 30.7 Å². The van der Waals surface area contributed by atoms with Gasteiger partial charge in [0.15, 0.2) is 11.2 Å². The molecule has 5 aromatic rings. The van der Waals surface area contributed by atoms with Crippen molar-refractivity contribution in [2.24, 2.45) is 7.05 Å². The second kappa shape index (κ2) is 6.22. The fourth-order valence-corrected chi connectivity index (χ4v) is 3.76. The summed E-state index contributed by atoms with van der Waals surface area (Å²) in [6.07, 6.45) is 1.86. The molecule has 0 radical (unpaired) electrons. The molecule has 0 atom stereocenters. The highest BCUT2D eigenvalue weighted by Crippen LogP contribution is 2.30. The molecule has 0 unspecified atom stereocenters. The molecular weight excluding hydrogens is 390 g/mol. The summed E-state index contributed by atoms with van der Waals surface area (Å²) in [6.45, 7) is 2.02. The molecule has 0 fully saturated rings. The van der Waals surface area contributed by atoms with Crippen LogP contribution < -0.4 is 11.2 Å². The largest absolute Gasteiger partial charge is 0.329 e. The van der Waals surface area contributed by atoms with Crippen LogP contribution in [0.5, 0.6) is 0 Å². The number of aromatic amines is 1. The number of nitrogens with one attached hydrogen (secondary N) is 1. The predicted molar refractivity (Wildman–Crippen MR) is 113 cm³/mol. The fourth-order valence-electron chi connectivity index (χ4n) is 3.63. The molecule has 0 bridgehead atoms. The number of aromatic nitrogens is 5. The van der Waals surface area contributed by atoms with E-state index >= 15 is 0 Å². The highest BCUT2D eigenvalue weighted by atomic mass is 35.5. The van der Waals surface area contributed by atoms with Crippen LogP contribution in [0.2, 0.25) is 5.02 Å². The third kappa shape index (κ3) is 2.55. The first-order valence-electron chi connectivity index (χ1n) is 9.00. The van der Waals surface area contributed by atoms with Gasteiger partial charge in [-0.25, -0.2) is 4.79 Å². The molecule has 0 saturated carbocycles. The number of rotatable bonds is 2. The maximum atomic E-state index is 12.6. The van der Waals surface area contributed by atoms with Crippen molar-refractivity contribution in [3.05, 3.63) is 86.2 Å². The molecule has 5 rings (SSSR count). The predicted octanol–water partition coefficient (Wildman–Crippen LogP) is 3.29. The van der Waals surface area contributed by atoms with Gasteiger partial charge >= 0.3 is 5.69 Å². The van der Waals surface area contributed by atoms with Gasteiger partial charge < -0.3 is 0 Å². The Morgan fingerprint density at radius 1 is 1.03 bits per heavy atom. The third-order valence-corrected chi connectivity index (χ3v) is 5.37. The van der Waals surface area contributed by atoms with Gasteiger partial charge in [-0.3, -0.25) is 23.3 Å². The van der Waals surface area contributed by atoms with Gasteiger partial charge in [0.2, 0.25) is 5.78 Å². The van der Waals surface area contributed by atoms with Crippen LogP contribution in [0.25, 0.3) is 33.9 Å². The number of para-hydroxylation sites is 1. The number of hydrogen-bond donors (Lipinski definition) is 1. The van der Waals surface area contributed by atoms with Crippen LogP contribution >= 0.6 is 11.6 Å². The molecule has 29 heavy (non-hydrogen) atoms. The second-order valence-electron chi connectivity index (χ2n) is 6.92. The van der Waals surface area contributed by atoms with Gasteiger partial charge in [0.1, 0.15) is 0 Å². The van der Waals surface area contributed by atoms with Gasteiger partial charge in [-0.15, -0.1) is 0 Å². The molecule has 8 heteroatoms. The number of hydrogen-bond acceptors (Lipinski definition) is 3. The van der Waals surface area contributed by atoms with Gasteiger partial charge in [-0.2, -0.15) is 4.98 Å². The normalized spacial score (nSPS) is 11.6. The molecule has 3 heterocycles. The highest BCUT2D eigenvalue weighted by molar-refractivity contribution is 6.30. The summed E-state index contributed by atoms with van der Waals surface area (Å²) < 4.78 is 5.06. The molecule has 2 aromatic carbocycles. The summed E-state index contributed by atoms with van der Waals surface area (Å²) in [5, 5.41) is 0.643. The number of fused-ring (bicyclic) bond motifs is 3. The minimum absolute atomic E-state index is 0.324. The standard InChI is InChI=1S/C21H16ClN5O2/c1-12-5-3-4-6-15(12)27-16(13-7-9-14(22)10-8-13)11-26-17-18(23-20(26)27)25(2)21(29)24-19(17)28/h3-11H,1-2H3,(H,24,28,29). The van der Waals surface area contributed by atoms with Crippen LogP contribution in [-0.2, 0) is 7.05 Å². The van der Waals surface area contributed by atoms with Crippen molar-refractivity contribution >= 4 is 28.5 Å². The Labute approximate surface area is 169 Å². The lowest BCUT2D eigenvalue weighted by atomic mass is 10.1. The molecule has 0 aliphatic heterocycles. The average Bonchev–Trinajstić information content (AvgIpc) is 3.24. The maximum Gasteiger partial charge on any atom is 0.329 e. The van der Waals surface area contributed by atoms with Crippen molar-refractivity contribution in [2.45, 2.75) is 6.92 Å². The van der Waals surface area contributed by atoms with Crippen LogP contribution in [0.1, 0.15) is 5.56 Å². The van der Waals surface area contributed by atoms with E-state index in [0.717, 1.165) is 22.5 Å². The zero-order valence-electron chi connectivity index (χ0n) is 15.7. The van der Waals surface area contributed by atoms with Crippen molar-refractivity contribution < 1.29 is 0 Å². The summed E-state index contributed by atoms with van der Waals surface area (Å²) in [5.41, 5.74) is 3.46. The van der Waals surface area contributed by atoms with Crippen molar-refractivity contribution in [1.29, 1.82) is 0 Å². The fraction of sp³-hybridized carbons (Fsp3) is 0.0952. The van der Waals surface area contributed by atoms with Gasteiger partial charge in [-0.1, -0.05) is 41.9 Å². The number of imidazole rings is 2. The molecule has 3 aromatic heterocycles. The van der Waals surface area contributed by atoms with E-state index in [9.17, 15) is 9.59 Å². The first-order chi connectivity index (χ1) is 14.0. The minimum atomic E-state index is -0.497. The molecule has 0 spiro atoms. The van der Waals surface area contributed by atoms with Crippen molar-refractivity contribution in [3.8, 4) is 16.9 Å². The number of halogens is 1. The molecule has 0 saturated heterocycles. The Morgan fingerprint density at radius 3 is 2.48 bits per heavy atom. The SMILES string of the molecule is Cc1ccccc1-n1c(-c2ccc(Cl)cc2)cn2c3c(=O)[nH]c(=O)n(C)c3nc12. The van der Waals surface area contributed by atoms with Crippen molar-refractivity contribution in [1.82, 2.24) is 23.5 Å². The van der Waals surface area contributed by atoms with E-state index < -0.39 is 11.2 Å². The Balaban J connectivity index is 1.97. The average molecular weight is 406 g/mol. The lowest BCUT2D eigenvalue weighted by Crippen LogP contribution is -2.28. The lowest BCUT2D eigenvalue weighted by Gasteiger charge is -2.11. The van der Waals surface area contributed by atoms with E-state index in [1.54, 1.807) is 11.4 Å². The molecular formula is C21H16ClN5O2. The lowest BCUT2D eigenvalue weighted by molar-refractivity contribution is 0.831. The summed E-state index contributed by atoms with van der Waals surface area (Å²) in [5.74, 6) is 0.547. The minimum Gasteiger partial charge on any atom is -0.279 e. The highest BCUT2D eigenvalue weighted by Gasteiger charge is 2.21. The van der Waals surface area contributed by atoms with Crippen molar-refractivity contribution in [3.63, 3.8) is 0 Å². The Kier molecular flexibility index (Phi) is 3.75. The van der Waals surface area contributed by atoms with E-state index in [2.05, 4.69) is 9.97 Å². The Morgan fingerprint density at radius 2 is 1.76 bits per heavy atom. The van der Waals surface area contributed by atoms with E-state index in [1.165, 1.54) is 4.57 Å². The molecule has 7 nitrogen and oxygen atoms in total. The number of aryl methyl sites for hydroxylation is 2. The first-order valence-corrected chi connectivity index (χ1v) is 9.38. The quantitative estimate of drug-likeness (QED) is 0.489. The second-order valence-corrected chi connectivity index (χ2v) is 7.35. The monoisotopic (exact) mass is 405 g/mol. The van der Waals surface area contributed by atoms with E-state index in [-0.39, 0.29) is 0 Å². The molecule has 0 amide bonds. The summed E-state index contributed by atoms with van der Waals surface area (Å²) >= 11 is 6.07. The van der Waals surface area contributed by atoms with Crippen molar-refractivity contribution in [2.75, 3.05) is 0 Å². The molecule has 144 valence electrons. The third-order valence-electron chi connectivity index (χ3n) is 5.12. The van der Waals surface area contributed by atoms with E-state index in [4.69, 9.17) is 11.6 Å². The molecule has 1 N–H and O–H groups in total. The van der Waals surface area contributed by atoms with Crippen LogP contribution in [0.15, 0.2) is 64.3 Å². The zero-order chi connectivity index (χ0) is 20.3. The number of benzene rings is 2. The van der Waals surface area contributed by atoms with Gasteiger partial charge in [0.05, 0.1) is 11.4 Å². The smallest absolute Gasteiger partial charge is 0.279 e. The summed E-state index contributed by atoms with van der Waals surface area (Å²) in [6, 6.07) is 15.4. The van der Waals surface area contributed by atoms with E-state index in [1.807, 2.05) is 66.2 Å². The van der Waals surface area contributed by atoms with E-state index in [0.29, 0.717) is 22.0 Å².